The lowest BCUT2D eigenvalue weighted by atomic mass is 10.1. The third-order valence-corrected chi connectivity index (χ3v) is 3.27. The molecule has 1 aromatic rings. The Kier molecular flexibility index (Phi) is 6.42. The van der Waals surface area contributed by atoms with Gasteiger partial charge in [-0.05, 0) is 24.6 Å². The molecular formula is C14H23ClN2O2. The zero-order valence-corrected chi connectivity index (χ0v) is 12.6. The first-order valence-corrected chi connectivity index (χ1v) is 6.39. The lowest BCUT2D eigenvalue weighted by Crippen LogP contribution is -2.48. The molecule has 1 heterocycles. The number of ether oxygens (including phenoxy) is 2. The third-order valence-electron chi connectivity index (χ3n) is 3.27. The van der Waals surface area contributed by atoms with E-state index in [9.17, 15) is 0 Å². The van der Waals surface area contributed by atoms with Crippen LogP contribution in [0.1, 0.15) is 12.5 Å². The van der Waals surface area contributed by atoms with Crippen LogP contribution in [0.3, 0.4) is 0 Å². The van der Waals surface area contributed by atoms with Crippen molar-refractivity contribution in [1.29, 1.82) is 0 Å². The number of hydrogen-bond acceptors (Lipinski definition) is 4. The lowest BCUT2D eigenvalue weighted by molar-refractivity contribution is 0.199. The molecule has 0 amide bonds. The van der Waals surface area contributed by atoms with Crippen molar-refractivity contribution in [2.45, 2.75) is 19.5 Å². The molecule has 4 nitrogen and oxygen atoms in total. The van der Waals surface area contributed by atoms with Crippen LogP contribution in [0.4, 0.5) is 0 Å². The largest absolute Gasteiger partial charge is 0.497 e. The average molecular weight is 287 g/mol. The van der Waals surface area contributed by atoms with E-state index in [2.05, 4.69) is 29.3 Å². The fourth-order valence-electron chi connectivity index (χ4n) is 2.37. The minimum absolute atomic E-state index is 0. The van der Waals surface area contributed by atoms with Crippen molar-refractivity contribution in [2.75, 3.05) is 33.9 Å². The van der Waals surface area contributed by atoms with Crippen LogP contribution < -0.4 is 14.8 Å². The van der Waals surface area contributed by atoms with Gasteiger partial charge < -0.3 is 14.8 Å². The smallest absolute Gasteiger partial charge is 0.122 e. The van der Waals surface area contributed by atoms with Gasteiger partial charge in [0.25, 0.3) is 0 Å². The van der Waals surface area contributed by atoms with E-state index in [0.717, 1.165) is 37.7 Å². The van der Waals surface area contributed by atoms with Crippen LogP contribution in [0.25, 0.3) is 0 Å². The number of halogens is 1. The summed E-state index contributed by atoms with van der Waals surface area (Å²) in [7, 11) is 3.37. The SMILES string of the molecule is COc1cc(CN2CCNC(C)C2)cc(OC)c1.Cl. The highest BCUT2D eigenvalue weighted by Crippen LogP contribution is 2.23. The Bertz CT molecular complexity index is 379. The molecule has 5 heteroatoms. The lowest BCUT2D eigenvalue weighted by Gasteiger charge is -2.31. The van der Waals surface area contributed by atoms with Gasteiger partial charge in [0.05, 0.1) is 14.2 Å². The Labute approximate surface area is 121 Å². The monoisotopic (exact) mass is 286 g/mol. The summed E-state index contributed by atoms with van der Waals surface area (Å²) >= 11 is 0. The number of nitrogens with zero attached hydrogens (tertiary/aromatic N) is 1. The summed E-state index contributed by atoms with van der Waals surface area (Å²) in [6.45, 7) is 6.39. The van der Waals surface area contributed by atoms with Gasteiger partial charge in [0.1, 0.15) is 11.5 Å². The molecule has 0 radical (unpaired) electrons. The summed E-state index contributed by atoms with van der Waals surface area (Å²) in [4.78, 5) is 2.45. The zero-order chi connectivity index (χ0) is 13.0. The van der Waals surface area contributed by atoms with E-state index in [1.165, 1.54) is 5.56 Å². The molecule has 1 aliphatic rings. The number of hydrogen-bond donors (Lipinski definition) is 1. The van der Waals surface area contributed by atoms with Gasteiger partial charge in [0, 0.05) is 38.3 Å². The van der Waals surface area contributed by atoms with Crippen LogP contribution in [0.5, 0.6) is 11.5 Å². The van der Waals surface area contributed by atoms with Gasteiger partial charge in [-0.1, -0.05) is 0 Å². The van der Waals surface area contributed by atoms with E-state index in [1.54, 1.807) is 14.2 Å². The highest BCUT2D eigenvalue weighted by molar-refractivity contribution is 5.85. The van der Waals surface area contributed by atoms with Crippen molar-refractivity contribution >= 4 is 12.4 Å². The van der Waals surface area contributed by atoms with Crippen LogP contribution in [-0.2, 0) is 6.54 Å². The molecule has 2 rings (SSSR count). The quantitative estimate of drug-likeness (QED) is 0.917. The van der Waals surface area contributed by atoms with E-state index in [-0.39, 0.29) is 12.4 Å². The van der Waals surface area contributed by atoms with Crippen LogP contribution >= 0.6 is 12.4 Å². The molecule has 0 spiro atoms. The van der Waals surface area contributed by atoms with Gasteiger partial charge in [-0.3, -0.25) is 4.90 Å². The van der Waals surface area contributed by atoms with E-state index >= 15 is 0 Å². The fraction of sp³-hybridized carbons (Fsp3) is 0.571. The van der Waals surface area contributed by atoms with Crippen molar-refractivity contribution in [3.05, 3.63) is 23.8 Å². The summed E-state index contributed by atoms with van der Waals surface area (Å²) in [5.41, 5.74) is 1.24. The molecule has 1 atom stereocenters. The van der Waals surface area contributed by atoms with E-state index < -0.39 is 0 Å². The minimum Gasteiger partial charge on any atom is -0.497 e. The molecule has 1 saturated heterocycles. The zero-order valence-electron chi connectivity index (χ0n) is 11.8. The van der Waals surface area contributed by atoms with Gasteiger partial charge >= 0.3 is 0 Å². The normalized spacial score (nSPS) is 19.6. The van der Waals surface area contributed by atoms with Crippen LogP contribution in [0, 0.1) is 0 Å². The van der Waals surface area contributed by atoms with Crippen molar-refractivity contribution < 1.29 is 9.47 Å². The maximum absolute atomic E-state index is 5.30. The van der Waals surface area contributed by atoms with Crippen molar-refractivity contribution in [2.24, 2.45) is 0 Å². The topological polar surface area (TPSA) is 33.7 Å². The number of methoxy groups -OCH3 is 2. The molecule has 0 aliphatic carbocycles. The van der Waals surface area contributed by atoms with Gasteiger partial charge in [-0.25, -0.2) is 0 Å². The third kappa shape index (κ3) is 4.56. The second kappa shape index (κ2) is 7.58. The van der Waals surface area contributed by atoms with Crippen LogP contribution in [0.15, 0.2) is 18.2 Å². The van der Waals surface area contributed by atoms with Gasteiger partial charge in [-0.2, -0.15) is 0 Å². The molecule has 0 bridgehead atoms. The number of nitrogens with one attached hydrogen (secondary N) is 1. The van der Waals surface area contributed by atoms with Gasteiger partial charge in [0.15, 0.2) is 0 Å². The van der Waals surface area contributed by atoms with Gasteiger partial charge in [-0.15, -0.1) is 12.4 Å². The summed E-state index contributed by atoms with van der Waals surface area (Å²) in [6.07, 6.45) is 0. The summed E-state index contributed by atoms with van der Waals surface area (Å²) in [5, 5.41) is 3.45. The molecular weight excluding hydrogens is 264 g/mol. The Morgan fingerprint density at radius 1 is 1.21 bits per heavy atom. The Morgan fingerprint density at radius 3 is 2.37 bits per heavy atom. The predicted octanol–water partition coefficient (Wildman–Crippen LogP) is 1.92. The summed E-state index contributed by atoms with van der Waals surface area (Å²) < 4.78 is 10.6. The highest BCUT2D eigenvalue weighted by atomic mass is 35.5. The van der Waals surface area contributed by atoms with Crippen molar-refractivity contribution in [1.82, 2.24) is 10.2 Å². The highest BCUT2D eigenvalue weighted by Gasteiger charge is 2.16. The van der Waals surface area contributed by atoms with E-state index in [1.807, 2.05) is 6.07 Å². The van der Waals surface area contributed by atoms with Crippen molar-refractivity contribution in [3.63, 3.8) is 0 Å². The number of rotatable bonds is 4. The van der Waals surface area contributed by atoms with E-state index in [4.69, 9.17) is 9.47 Å². The minimum atomic E-state index is 0. The number of piperazine rings is 1. The number of benzene rings is 1. The Morgan fingerprint density at radius 2 is 1.84 bits per heavy atom. The van der Waals surface area contributed by atoms with Crippen LogP contribution in [0.2, 0.25) is 0 Å². The summed E-state index contributed by atoms with van der Waals surface area (Å²) in [5.74, 6) is 1.71. The Hall–Kier alpha value is -0.970. The molecule has 108 valence electrons. The molecule has 1 aromatic carbocycles. The molecule has 0 aromatic heterocycles. The Balaban J connectivity index is 0.00000180. The van der Waals surface area contributed by atoms with Crippen molar-refractivity contribution in [3.8, 4) is 11.5 Å². The first kappa shape index (κ1) is 16.1. The summed E-state index contributed by atoms with van der Waals surface area (Å²) in [6, 6.07) is 6.63. The fourth-order valence-corrected chi connectivity index (χ4v) is 2.37. The maximum atomic E-state index is 5.30. The predicted molar refractivity (Wildman–Crippen MR) is 79.5 cm³/mol. The first-order valence-electron chi connectivity index (χ1n) is 6.39. The average Bonchev–Trinajstić information content (AvgIpc) is 2.38. The second-order valence-electron chi connectivity index (χ2n) is 4.81. The maximum Gasteiger partial charge on any atom is 0.122 e. The molecule has 1 unspecified atom stereocenters. The molecule has 1 N–H and O–H groups in total. The van der Waals surface area contributed by atoms with Crippen LogP contribution in [-0.4, -0.2) is 44.8 Å². The standard InChI is InChI=1S/C14H22N2O2.ClH/c1-11-9-16(5-4-15-11)10-12-6-13(17-2)8-14(7-12)18-3;/h6-8,11,15H,4-5,9-10H2,1-3H3;1H. The molecule has 0 saturated carbocycles. The first-order chi connectivity index (χ1) is 8.71. The second-order valence-corrected chi connectivity index (χ2v) is 4.81. The van der Waals surface area contributed by atoms with E-state index in [0.29, 0.717) is 6.04 Å². The van der Waals surface area contributed by atoms with Gasteiger partial charge in [0.2, 0.25) is 0 Å². The molecule has 19 heavy (non-hydrogen) atoms. The molecule has 1 fully saturated rings. The molecule has 1 aliphatic heterocycles.